The van der Waals surface area contributed by atoms with Crippen molar-refractivity contribution in [1.82, 2.24) is 4.98 Å². The molecule has 1 unspecified atom stereocenters. The monoisotopic (exact) mass is 542 g/mol. The summed E-state index contributed by atoms with van der Waals surface area (Å²) in [5.74, 6) is 0.0547. The van der Waals surface area contributed by atoms with E-state index in [4.69, 9.17) is 9.47 Å². The van der Waals surface area contributed by atoms with E-state index in [1.54, 1.807) is 25.3 Å². The predicted molar refractivity (Wildman–Crippen MR) is 154 cm³/mol. The van der Waals surface area contributed by atoms with Crippen LogP contribution < -0.4 is 14.4 Å². The first-order valence-electron chi connectivity index (χ1n) is 12.8. The lowest BCUT2D eigenvalue weighted by atomic mass is 9.95. The highest BCUT2D eigenvalue weighted by atomic mass is 32.1. The lowest BCUT2D eigenvalue weighted by Gasteiger charge is -2.23. The number of ether oxygens (including phenoxy) is 2. The number of nitrogens with zero attached hydrogens (tertiary/aromatic N) is 2. The number of aromatic nitrogens is 1. The summed E-state index contributed by atoms with van der Waals surface area (Å²) < 4.78 is 12.1. The van der Waals surface area contributed by atoms with Crippen molar-refractivity contribution < 1.29 is 24.2 Å². The molecule has 1 N–H and O–H groups in total. The van der Waals surface area contributed by atoms with E-state index in [1.165, 1.54) is 16.2 Å². The molecule has 1 saturated heterocycles. The van der Waals surface area contributed by atoms with Crippen molar-refractivity contribution in [3.05, 3.63) is 89.0 Å². The number of hydrogen-bond acceptors (Lipinski definition) is 7. The van der Waals surface area contributed by atoms with Crippen molar-refractivity contribution in [2.24, 2.45) is 5.92 Å². The number of ketones is 1. The van der Waals surface area contributed by atoms with E-state index in [0.29, 0.717) is 45.8 Å². The minimum Gasteiger partial charge on any atom is -0.507 e. The lowest BCUT2D eigenvalue weighted by molar-refractivity contribution is -0.132. The number of amides is 1. The van der Waals surface area contributed by atoms with E-state index < -0.39 is 17.7 Å². The Balaban J connectivity index is 1.65. The van der Waals surface area contributed by atoms with Gasteiger partial charge in [-0.05, 0) is 55.2 Å². The molecule has 0 radical (unpaired) electrons. The number of fused-ring (bicyclic) bond motifs is 1. The van der Waals surface area contributed by atoms with Crippen molar-refractivity contribution >= 4 is 44.1 Å². The summed E-state index contributed by atoms with van der Waals surface area (Å²) in [5.41, 5.74) is 2.81. The van der Waals surface area contributed by atoms with Crippen LogP contribution in [-0.2, 0) is 9.59 Å². The van der Waals surface area contributed by atoms with Gasteiger partial charge in [-0.3, -0.25) is 14.5 Å². The third kappa shape index (κ3) is 5.25. The Morgan fingerprint density at radius 1 is 1.05 bits per heavy atom. The molecule has 5 rings (SSSR count). The minimum atomic E-state index is -0.887. The number of rotatable bonds is 8. The second-order valence-electron chi connectivity index (χ2n) is 9.97. The van der Waals surface area contributed by atoms with Crippen LogP contribution in [0.4, 0.5) is 5.13 Å². The highest BCUT2D eigenvalue weighted by molar-refractivity contribution is 7.22. The second kappa shape index (κ2) is 10.9. The molecule has 1 fully saturated rings. The smallest absolute Gasteiger partial charge is 0.301 e. The van der Waals surface area contributed by atoms with Gasteiger partial charge < -0.3 is 14.6 Å². The molecule has 0 spiro atoms. The third-order valence-corrected chi connectivity index (χ3v) is 7.72. The van der Waals surface area contributed by atoms with Crippen molar-refractivity contribution in [3.8, 4) is 11.5 Å². The van der Waals surface area contributed by atoms with Gasteiger partial charge in [-0.25, -0.2) is 4.98 Å². The van der Waals surface area contributed by atoms with Gasteiger partial charge in [0.2, 0.25) is 0 Å². The van der Waals surface area contributed by atoms with Crippen molar-refractivity contribution in [2.75, 3.05) is 18.6 Å². The van der Waals surface area contributed by atoms with Gasteiger partial charge >= 0.3 is 5.91 Å². The quantitative estimate of drug-likeness (QED) is 0.152. The maximum Gasteiger partial charge on any atom is 0.301 e. The zero-order valence-electron chi connectivity index (χ0n) is 22.3. The Hall–Kier alpha value is -4.17. The van der Waals surface area contributed by atoms with Gasteiger partial charge in [-0.2, -0.15) is 0 Å². The first-order valence-corrected chi connectivity index (χ1v) is 13.6. The van der Waals surface area contributed by atoms with Crippen LogP contribution in [0.15, 0.2) is 72.3 Å². The zero-order valence-corrected chi connectivity index (χ0v) is 23.1. The Kier molecular flexibility index (Phi) is 7.39. The van der Waals surface area contributed by atoms with Crippen molar-refractivity contribution in [2.45, 2.75) is 33.2 Å². The fourth-order valence-electron chi connectivity index (χ4n) is 4.52. The van der Waals surface area contributed by atoms with E-state index in [2.05, 4.69) is 18.8 Å². The maximum absolute atomic E-state index is 13.6. The van der Waals surface area contributed by atoms with Gasteiger partial charge in [0.1, 0.15) is 17.3 Å². The van der Waals surface area contributed by atoms with Crippen LogP contribution in [0.2, 0.25) is 0 Å². The average Bonchev–Trinajstić information content (AvgIpc) is 3.46. The Labute approximate surface area is 231 Å². The van der Waals surface area contributed by atoms with E-state index in [1.807, 2.05) is 55.5 Å². The van der Waals surface area contributed by atoms with Crippen LogP contribution in [-0.4, -0.2) is 35.5 Å². The summed E-state index contributed by atoms with van der Waals surface area (Å²) in [6.45, 7) is 6.75. The highest BCUT2D eigenvalue weighted by Gasteiger charge is 2.48. The topological polar surface area (TPSA) is 89.0 Å². The Morgan fingerprint density at radius 2 is 1.82 bits per heavy atom. The molecular formula is C31H30N2O5S. The summed E-state index contributed by atoms with van der Waals surface area (Å²) in [7, 11) is 1.59. The van der Waals surface area contributed by atoms with Gasteiger partial charge in [-0.15, -0.1) is 0 Å². The lowest BCUT2D eigenvalue weighted by Crippen LogP contribution is -2.29. The van der Waals surface area contributed by atoms with Crippen LogP contribution in [0.1, 0.15) is 43.0 Å². The number of hydrogen-bond donors (Lipinski definition) is 1. The molecule has 1 aromatic heterocycles. The highest BCUT2D eigenvalue weighted by Crippen LogP contribution is 2.45. The zero-order chi connectivity index (χ0) is 27.7. The maximum atomic E-state index is 13.6. The largest absolute Gasteiger partial charge is 0.507 e. The van der Waals surface area contributed by atoms with E-state index >= 15 is 0 Å². The SMILES string of the molecule is COc1ccc2nc(N3C(=O)C(=O)/C(=C(/O)c4ccc(C)cc4)C3c3cccc(OCCC(C)C)c3)sc2c1. The van der Waals surface area contributed by atoms with Crippen molar-refractivity contribution in [3.63, 3.8) is 0 Å². The van der Waals surface area contributed by atoms with Crippen LogP contribution in [0.5, 0.6) is 11.5 Å². The number of carbonyl (C=O) groups is 2. The summed E-state index contributed by atoms with van der Waals surface area (Å²) in [6, 6.07) is 19.1. The Morgan fingerprint density at radius 3 is 2.54 bits per heavy atom. The number of methoxy groups -OCH3 is 1. The molecule has 1 amide bonds. The molecule has 3 aromatic carbocycles. The summed E-state index contributed by atoms with van der Waals surface area (Å²) in [5, 5.41) is 11.8. The van der Waals surface area contributed by atoms with E-state index in [0.717, 1.165) is 16.7 Å². The number of aliphatic hydroxyl groups is 1. The normalized spacial score (nSPS) is 16.8. The minimum absolute atomic E-state index is 0.0139. The summed E-state index contributed by atoms with van der Waals surface area (Å²) in [6.07, 6.45) is 0.894. The number of Topliss-reactive ketones (excluding diaryl/α,β-unsaturated/α-hetero) is 1. The molecule has 0 saturated carbocycles. The van der Waals surface area contributed by atoms with Crippen LogP contribution in [0, 0.1) is 12.8 Å². The molecule has 1 aliphatic rings. The van der Waals surface area contributed by atoms with Crippen molar-refractivity contribution in [1.29, 1.82) is 0 Å². The molecule has 0 aliphatic carbocycles. The fourth-order valence-corrected chi connectivity index (χ4v) is 5.54. The molecule has 8 heteroatoms. The second-order valence-corrected chi connectivity index (χ2v) is 11.0. The predicted octanol–water partition coefficient (Wildman–Crippen LogP) is 6.66. The molecule has 2 heterocycles. The van der Waals surface area contributed by atoms with Gasteiger partial charge in [0, 0.05) is 5.56 Å². The molecule has 0 bridgehead atoms. The van der Waals surface area contributed by atoms with Crippen LogP contribution >= 0.6 is 11.3 Å². The van der Waals surface area contributed by atoms with Crippen LogP contribution in [0.3, 0.4) is 0 Å². The molecule has 1 aliphatic heterocycles. The van der Waals surface area contributed by atoms with Gasteiger partial charge in [0.15, 0.2) is 5.13 Å². The van der Waals surface area contributed by atoms with Gasteiger partial charge in [-0.1, -0.05) is 67.1 Å². The molecule has 39 heavy (non-hydrogen) atoms. The van der Waals surface area contributed by atoms with Gasteiger partial charge in [0.25, 0.3) is 5.78 Å². The van der Waals surface area contributed by atoms with E-state index in [9.17, 15) is 14.7 Å². The number of thiazole rings is 1. The molecule has 7 nitrogen and oxygen atoms in total. The summed E-state index contributed by atoms with van der Waals surface area (Å²) in [4.78, 5) is 33.1. The third-order valence-electron chi connectivity index (χ3n) is 6.70. The first kappa shape index (κ1) is 26.4. The number of carbonyl (C=O) groups excluding carboxylic acids is 2. The Bertz CT molecular complexity index is 1570. The fraction of sp³-hybridized carbons (Fsp3) is 0.258. The van der Waals surface area contributed by atoms with E-state index in [-0.39, 0.29) is 11.3 Å². The van der Waals surface area contributed by atoms with Gasteiger partial charge in [0.05, 0.1) is 35.5 Å². The molecule has 1 atom stereocenters. The number of anilines is 1. The average molecular weight is 543 g/mol. The van der Waals surface area contributed by atoms with Crippen LogP contribution in [0.25, 0.3) is 16.0 Å². The number of benzene rings is 3. The molecule has 200 valence electrons. The molecule has 4 aromatic rings. The summed E-state index contributed by atoms with van der Waals surface area (Å²) >= 11 is 1.29. The molecular weight excluding hydrogens is 512 g/mol. The number of aryl methyl sites for hydroxylation is 1. The number of aliphatic hydroxyl groups excluding tert-OH is 1. The standard InChI is InChI=1S/C31H30N2O5S/c1-18(2)14-15-38-23-7-5-6-21(16-23)27-26(28(34)20-10-8-19(3)9-11-20)29(35)30(36)33(27)31-32-24-13-12-22(37-4)17-25(24)39-31/h5-13,16-18,27,34H,14-15H2,1-4H3/b28-26+. The first-order chi connectivity index (χ1) is 18.8.